The van der Waals surface area contributed by atoms with Crippen LogP contribution in [0, 0.1) is 0 Å². The second-order valence-electron chi connectivity index (χ2n) is 3.44. The van der Waals surface area contributed by atoms with E-state index in [2.05, 4.69) is 18.2 Å². The van der Waals surface area contributed by atoms with Crippen LogP contribution in [0.5, 0.6) is 0 Å². The molecular weight excluding hydrogens is 160 g/mol. The third-order valence-corrected chi connectivity index (χ3v) is 2.62. The second-order valence-corrected chi connectivity index (χ2v) is 3.44. The molecular formula is C12H14O. The number of aliphatic hydroxyl groups is 1. The Hall–Kier alpha value is -1.08. The minimum atomic E-state index is -0.288. The minimum absolute atomic E-state index is 0.288. The predicted octanol–water partition coefficient (Wildman–Crippen LogP) is 2.40. The Kier molecular flexibility index (Phi) is 2.19. The summed E-state index contributed by atoms with van der Waals surface area (Å²) in [6.45, 7) is 2.01. The Bertz CT molecular complexity index is 339. The van der Waals surface area contributed by atoms with Gasteiger partial charge in [0.1, 0.15) is 0 Å². The lowest BCUT2D eigenvalue weighted by atomic mass is 10.0. The average molecular weight is 174 g/mol. The summed E-state index contributed by atoms with van der Waals surface area (Å²) in [5, 5.41) is 9.74. The van der Waals surface area contributed by atoms with Crippen LogP contribution in [-0.2, 0) is 6.42 Å². The van der Waals surface area contributed by atoms with Crippen LogP contribution < -0.4 is 0 Å². The number of benzene rings is 1. The number of hydrogen-bond acceptors (Lipinski definition) is 1. The van der Waals surface area contributed by atoms with Crippen molar-refractivity contribution in [3.63, 3.8) is 0 Å². The van der Waals surface area contributed by atoms with Crippen LogP contribution in [0.3, 0.4) is 0 Å². The Morgan fingerprint density at radius 1 is 1.38 bits per heavy atom. The van der Waals surface area contributed by atoms with E-state index < -0.39 is 0 Å². The largest absolute Gasteiger partial charge is 0.388 e. The van der Waals surface area contributed by atoms with Crippen LogP contribution in [-0.4, -0.2) is 11.2 Å². The third kappa shape index (κ3) is 1.40. The fourth-order valence-electron chi connectivity index (χ4n) is 1.85. The average Bonchev–Trinajstić information content (AvgIpc) is 2.60. The predicted molar refractivity (Wildman–Crippen MR) is 54.4 cm³/mol. The second kappa shape index (κ2) is 3.35. The van der Waals surface area contributed by atoms with Crippen molar-refractivity contribution in [2.24, 2.45) is 0 Å². The first kappa shape index (κ1) is 8.52. The highest BCUT2D eigenvalue weighted by Crippen LogP contribution is 2.30. The Labute approximate surface area is 78.7 Å². The van der Waals surface area contributed by atoms with Crippen molar-refractivity contribution in [1.82, 2.24) is 0 Å². The molecule has 13 heavy (non-hydrogen) atoms. The molecule has 0 saturated heterocycles. The van der Waals surface area contributed by atoms with Crippen LogP contribution in [0.25, 0.3) is 5.57 Å². The molecule has 0 bridgehead atoms. The van der Waals surface area contributed by atoms with Gasteiger partial charge >= 0.3 is 0 Å². The molecule has 0 saturated carbocycles. The maximum absolute atomic E-state index is 9.74. The van der Waals surface area contributed by atoms with Gasteiger partial charge < -0.3 is 5.11 Å². The van der Waals surface area contributed by atoms with Gasteiger partial charge in [-0.3, -0.25) is 0 Å². The van der Waals surface area contributed by atoms with E-state index in [9.17, 15) is 5.11 Å². The molecule has 0 spiro atoms. The van der Waals surface area contributed by atoms with Gasteiger partial charge in [-0.15, -0.1) is 0 Å². The van der Waals surface area contributed by atoms with E-state index in [1.54, 1.807) is 0 Å². The zero-order valence-electron chi connectivity index (χ0n) is 7.83. The molecule has 2 rings (SSSR count). The normalized spacial score (nSPS) is 16.6. The molecule has 1 unspecified atom stereocenters. The molecule has 1 N–H and O–H groups in total. The molecule has 0 heterocycles. The number of allylic oxidation sites excluding steroid dienone is 1. The van der Waals surface area contributed by atoms with Gasteiger partial charge in [0, 0.05) is 0 Å². The highest BCUT2D eigenvalue weighted by molar-refractivity contribution is 5.75. The Morgan fingerprint density at radius 2 is 2.15 bits per heavy atom. The van der Waals surface area contributed by atoms with Crippen LogP contribution >= 0.6 is 0 Å². The zero-order chi connectivity index (χ0) is 9.26. The first-order valence-electron chi connectivity index (χ1n) is 4.79. The van der Waals surface area contributed by atoms with Crippen LogP contribution in [0.4, 0.5) is 0 Å². The van der Waals surface area contributed by atoms with Crippen LogP contribution in [0.15, 0.2) is 30.3 Å². The van der Waals surface area contributed by atoms with Crippen molar-refractivity contribution in [3.8, 4) is 0 Å². The van der Waals surface area contributed by atoms with Crippen molar-refractivity contribution in [1.29, 1.82) is 0 Å². The summed E-state index contributed by atoms with van der Waals surface area (Å²) in [4.78, 5) is 0. The SMILES string of the molecule is CCC(O)C1=CCc2ccccc21. The van der Waals surface area contributed by atoms with E-state index in [0.717, 1.165) is 18.4 Å². The highest BCUT2D eigenvalue weighted by Gasteiger charge is 2.17. The van der Waals surface area contributed by atoms with E-state index in [4.69, 9.17) is 0 Å². The lowest BCUT2D eigenvalue weighted by molar-refractivity contribution is 0.228. The van der Waals surface area contributed by atoms with Gasteiger partial charge in [0.25, 0.3) is 0 Å². The van der Waals surface area contributed by atoms with Gasteiger partial charge in [-0.25, -0.2) is 0 Å². The summed E-state index contributed by atoms with van der Waals surface area (Å²) in [6.07, 6.45) is 3.62. The van der Waals surface area contributed by atoms with Crippen molar-refractivity contribution in [3.05, 3.63) is 41.5 Å². The van der Waals surface area contributed by atoms with Crippen LogP contribution in [0.2, 0.25) is 0 Å². The van der Waals surface area contributed by atoms with E-state index in [1.807, 2.05) is 19.1 Å². The molecule has 1 atom stereocenters. The van der Waals surface area contributed by atoms with Crippen molar-refractivity contribution in [2.75, 3.05) is 0 Å². The van der Waals surface area contributed by atoms with Gasteiger partial charge in [-0.2, -0.15) is 0 Å². The topological polar surface area (TPSA) is 20.2 Å². The van der Waals surface area contributed by atoms with Crippen molar-refractivity contribution < 1.29 is 5.11 Å². The minimum Gasteiger partial charge on any atom is -0.388 e. The lowest BCUT2D eigenvalue weighted by Gasteiger charge is -2.10. The quantitative estimate of drug-likeness (QED) is 0.730. The first-order chi connectivity index (χ1) is 6.33. The first-order valence-corrected chi connectivity index (χ1v) is 4.79. The molecule has 1 aliphatic rings. The summed E-state index contributed by atoms with van der Waals surface area (Å²) in [5.41, 5.74) is 3.68. The zero-order valence-corrected chi connectivity index (χ0v) is 7.83. The number of aliphatic hydroxyl groups excluding tert-OH is 1. The molecule has 1 aliphatic carbocycles. The summed E-state index contributed by atoms with van der Waals surface area (Å²) in [6, 6.07) is 8.29. The fraction of sp³-hybridized carbons (Fsp3) is 0.333. The van der Waals surface area contributed by atoms with Crippen molar-refractivity contribution >= 4 is 5.57 Å². The van der Waals surface area contributed by atoms with E-state index in [-0.39, 0.29) is 6.10 Å². The molecule has 1 aromatic rings. The standard InChI is InChI=1S/C12H14O/c1-2-12(13)11-8-7-9-5-3-4-6-10(9)11/h3-6,8,12-13H,2,7H2,1H3. The number of fused-ring (bicyclic) bond motifs is 1. The summed E-state index contributed by atoms with van der Waals surface area (Å²) in [5.74, 6) is 0. The Morgan fingerprint density at radius 3 is 2.92 bits per heavy atom. The molecule has 0 amide bonds. The third-order valence-electron chi connectivity index (χ3n) is 2.62. The van der Waals surface area contributed by atoms with Gasteiger partial charge in [0.15, 0.2) is 0 Å². The smallest absolute Gasteiger partial charge is 0.0790 e. The maximum Gasteiger partial charge on any atom is 0.0790 e. The fourth-order valence-corrected chi connectivity index (χ4v) is 1.85. The summed E-state index contributed by atoms with van der Waals surface area (Å²) >= 11 is 0. The number of hydrogen-bond donors (Lipinski definition) is 1. The lowest BCUT2D eigenvalue weighted by Crippen LogP contribution is -2.06. The molecule has 0 aromatic heterocycles. The van der Waals surface area contributed by atoms with E-state index >= 15 is 0 Å². The molecule has 1 nitrogen and oxygen atoms in total. The molecule has 0 aliphatic heterocycles. The maximum atomic E-state index is 9.74. The molecule has 0 fully saturated rings. The van der Waals surface area contributed by atoms with Gasteiger partial charge in [-0.05, 0) is 29.5 Å². The van der Waals surface area contributed by atoms with E-state index in [0.29, 0.717) is 0 Å². The molecule has 0 radical (unpaired) electrons. The highest BCUT2D eigenvalue weighted by atomic mass is 16.3. The van der Waals surface area contributed by atoms with Crippen LogP contribution in [0.1, 0.15) is 24.5 Å². The Balaban J connectivity index is 2.36. The van der Waals surface area contributed by atoms with Gasteiger partial charge in [0.2, 0.25) is 0 Å². The molecule has 1 heteroatoms. The van der Waals surface area contributed by atoms with Gasteiger partial charge in [-0.1, -0.05) is 37.3 Å². The van der Waals surface area contributed by atoms with Gasteiger partial charge in [0.05, 0.1) is 6.10 Å². The molecule has 1 aromatic carbocycles. The monoisotopic (exact) mass is 174 g/mol. The van der Waals surface area contributed by atoms with Crippen molar-refractivity contribution in [2.45, 2.75) is 25.9 Å². The summed E-state index contributed by atoms with van der Waals surface area (Å²) < 4.78 is 0. The van der Waals surface area contributed by atoms with E-state index in [1.165, 1.54) is 11.1 Å². The molecule has 68 valence electrons. The number of rotatable bonds is 2. The summed E-state index contributed by atoms with van der Waals surface area (Å²) in [7, 11) is 0.